The molecule has 1 aliphatic rings. The molecule has 5 nitrogen and oxygen atoms in total. The van der Waals surface area contributed by atoms with E-state index in [9.17, 15) is 0 Å². The Balaban J connectivity index is 1.26. The van der Waals surface area contributed by atoms with Gasteiger partial charge < -0.3 is 4.42 Å². The Bertz CT molecular complexity index is 998. The zero-order valence-electron chi connectivity index (χ0n) is 15.0. The van der Waals surface area contributed by atoms with E-state index in [4.69, 9.17) is 9.40 Å². The Labute approximate surface area is 165 Å². The maximum absolute atomic E-state index is 5.93. The van der Waals surface area contributed by atoms with Gasteiger partial charge >= 0.3 is 0 Å². The minimum Gasteiger partial charge on any atom is -0.418 e. The van der Waals surface area contributed by atoms with Crippen LogP contribution in [0.1, 0.15) is 42.6 Å². The van der Waals surface area contributed by atoms with Crippen LogP contribution in [-0.2, 0) is 0 Å². The Hall–Kier alpha value is -2.09. The van der Waals surface area contributed by atoms with Gasteiger partial charge in [-0.2, -0.15) is 0 Å². The van der Waals surface area contributed by atoms with Crippen molar-refractivity contribution in [1.82, 2.24) is 20.1 Å². The molecule has 1 aromatic carbocycles. The molecule has 0 N–H and O–H groups in total. The van der Waals surface area contributed by atoms with Crippen LogP contribution in [0.2, 0.25) is 0 Å². The summed E-state index contributed by atoms with van der Waals surface area (Å²) in [5, 5.41) is 11.8. The maximum Gasteiger partial charge on any atom is 0.257 e. The number of thiophene rings is 1. The van der Waals surface area contributed by atoms with Gasteiger partial charge in [0.05, 0.1) is 26.1 Å². The lowest BCUT2D eigenvalue weighted by Gasteiger charge is -2.33. The lowest BCUT2D eigenvalue weighted by Crippen LogP contribution is -2.35. The van der Waals surface area contributed by atoms with Gasteiger partial charge in [-0.05, 0) is 56.4 Å². The second-order valence-electron chi connectivity index (χ2n) is 6.93. The Morgan fingerprint density at radius 3 is 2.74 bits per heavy atom. The molecule has 4 heterocycles. The highest BCUT2D eigenvalue weighted by Crippen LogP contribution is 2.36. The summed E-state index contributed by atoms with van der Waals surface area (Å²) in [5.41, 5.74) is 1.13. The number of para-hydroxylation sites is 1. The van der Waals surface area contributed by atoms with Crippen LogP contribution >= 0.6 is 22.7 Å². The zero-order valence-corrected chi connectivity index (χ0v) is 16.7. The van der Waals surface area contributed by atoms with Gasteiger partial charge in [0.25, 0.3) is 5.89 Å². The van der Waals surface area contributed by atoms with Gasteiger partial charge in [-0.15, -0.1) is 32.9 Å². The van der Waals surface area contributed by atoms with Gasteiger partial charge in [0.15, 0.2) is 0 Å². The largest absolute Gasteiger partial charge is 0.418 e. The number of fused-ring (bicyclic) bond motifs is 1. The van der Waals surface area contributed by atoms with Crippen LogP contribution in [0.3, 0.4) is 0 Å². The topological polar surface area (TPSA) is 55.1 Å². The second-order valence-corrected chi connectivity index (χ2v) is 8.94. The van der Waals surface area contributed by atoms with Crippen LogP contribution in [0, 0.1) is 0 Å². The van der Waals surface area contributed by atoms with Gasteiger partial charge in [0.1, 0.15) is 0 Å². The summed E-state index contributed by atoms with van der Waals surface area (Å²) in [7, 11) is 0. The first-order valence-electron chi connectivity index (χ1n) is 9.25. The Kier molecular flexibility index (Phi) is 4.51. The molecule has 0 bridgehead atoms. The first kappa shape index (κ1) is 17.0. The molecule has 1 fully saturated rings. The van der Waals surface area contributed by atoms with Crippen LogP contribution in [-0.4, -0.2) is 33.2 Å². The van der Waals surface area contributed by atoms with Gasteiger partial charge in [-0.25, -0.2) is 4.98 Å². The number of hydrogen-bond acceptors (Lipinski definition) is 7. The number of rotatable bonds is 4. The number of hydrogen-bond donors (Lipinski definition) is 0. The quantitative estimate of drug-likeness (QED) is 0.465. The highest BCUT2D eigenvalue weighted by atomic mass is 32.1. The van der Waals surface area contributed by atoms with Crippen LogP contribution in [0.4, 0.5) is 0 Å². The molecule has 0 saturated carbocycles. The Morgan fingerprint density at radius 2 is 1.96 bits per heavy atom. The van der Waals surface area contributed by atoms with E-state index in [1.807, 2.05) is 28.8 Å². The molecule has 138 valence electrons. The molecule has 0 unspecified atom stereocenters. The van der Waals surface area contributed by atoms with Crippen molar-refractivity contribution in [3.63, 3.8) is 0 Å². The summed E-state index contributed by atoms with van der Waals surface area (Å²) in [6.07, 6.45) is 2.24. The van der Waals surface area contributed by atoms with E-state index in [-0.39, 0.29) is 6.04 Å². The molecule has 0 spiro atoms. The number of aromatic nitrogens is 3. The third kappa shape index (κ3) is 3.31. The predicted octanol–water partition coefficient (Wildman–Crippen LogP) is 5.35. The number of thiazole rings is 1. The summed E-state index contributed by atoms with van der Waals surface area (Å²) >= 11 is 3.46. The Morgan fingerprint density at radius 1 is 1.11 bits per heavy atom. The van der Waals surface area contributed by atoms with Crippen molar-refractivity contribution in [2.45, 2.75) is 31.7 Å². The van der Waals surface area contributed by atoms with E-state index in [0.717, 1.165) is 36.3 Å². The molecule has 7 heteroatoms. The molecule has 4 aromatic rings. The van der Waals surface area contributed by atoms with Gasteiger partial charge in [-0.3, -0.25) is 4.90 Å². The fraction of sp³-hybridized carbons (Fsp3) is 0.350. The fourth-order valence-corrected chi connectivity index (χ4v) is 5.44. The lowest BCUT2D eigenvalue weighted by atomic mass is 9.96. The van der Waals surface area contributed by atoms with Gasteiger partial charge in [0, 0.05) is 5.92 Å². The average Bonchev–Trinajstić information content (AvgIpc) is 3.47. The second kappa shape index (κ2) is 7.14. The van der Waals surface area contributed by atoms with Crippen molar-refractivity contribution in [3.8, 4) is 10.8 Å². The first-order valence-corrected chi connectivity index (χ1v) is 10.9. The van der Waals surface area contributed by atoms with E-state index in [1.54, 1.807) is 11.3 Å². The third-order valence-electron chi connectivity index (χ3n) is 5.27. The number of nitrogens with zero attached hydrogens (tertiary/aromatic N) is 4. The van der Waals surface area contributed by atoms with Crippen molar-refractivity contribution in [2.24, 2.45) is 0 Å². The SMILES string of the molecule is C[C@@H](c1nnc(-c2cccs2)o1)N1CCC(c2nc3ccccc3s2)CC1. The monoisotopic (exact) mass is 396 g/mol. The molecule has 1 atom stereocenters. The van der Waals surface area contributed by atoms with E-state index in [2.05, 4.69) is 46.3 Å². The summed E-state index contributed by atoms with van der Waals surface area (Å²) in [4.78, 5) is 8.32. The third-order valence-corrected chi connectivity index (χ3v) is 7.32. The molecule has 0 amide bonds. The van der Waals surface area contributed by atoms with Crippen molar-refractivity contribution in [3.05, 3.63) is 52.7 Å². The van der Waals surface area contributed by atoms with Crippen LogP contribution in [0.25, 0.3) is 21.0 Å². The highest BCUT2D eigenvalue weighted by molar-refractivity contribution is 7.18. The van der Waals surface area contributed by atoms with Crippen LogP contribution in [0.5, 0.6) is 0 Å². The summed E-state index contributed by atoms with van der Waals surface area (Å²) in [6, 6.07) is 12.6. The van der Waals surface area contributed by atoms with E-state index < -0.39 is 0 Å². The van der Waals surface area contributed by atoms with Gasteiger partial charge in [-0.1, -0.05) is 18.2 Å². The summed E-state index contributed by atoms with van der Waals surface area (Å²) < 4.78 is 7.22. The molecule has 3 aromatic heterocycles. The van der Waals surface area contributed by atoms with Gasteiger partial charge in [0.2, 0.25) is 5.89 Å². The lowest BCUT2D eigenvalue weighted by molar-refractivity contribution is 0.143. The van der Waals surface area contributed by atoms with E-state index in [0.29, 0.717) is 17.7 Å². The van der Waals surface area contributed by atoms with Crippen molar-refractivity contribution in [1.29, 1.82) is 0 Å². The standard InChI is InChI=1S/C20H20N4OS2/c1-13(18-22-23-19(25-18)17-7-4-12-26-17)24-10-8-14(9-11-24)20-21-15-5-2-3-6-16(15)27-20/h2-7,12-14H,8-11H2,1H3/t13-/m0/s1. The summed E-state index contributed by atoms with van der Waals surface area (Å²) in [5.74, 6) is 1.88. The van der Waals surface area contributed by atoms with Crippen LogP contribution < -0.4 is 0 Å². The van der Waals surface area contributed by atoms with E-state index in [1.165, 1.54) is 9.71 Å². The molecule has 0 radical (unpaired) electrons. The smallest absolute Gasteiger partial charge is 0.257 e. The minimum atomic E-state index is 0.141. The fourth-order valence-electron chi connectivity index (χ4n) is 3.66. The minimum absolute atomic E-state index is 0.141. The number of benzene rings is 1. The molecular weight excluding hydrogens is 376 g/mol. The molecule has 27 heavy (non-hydrogen) atoms. The molecule has 0 aliphatic carbocycles. The summed E-state index contributed by atoms with van der Waals surface area (Å²) in [6.45, 7) is 4.21. The molecule has 1 aliphatic heterocycles. The number of likely N-dealkylation sites (tertiary alicyclic amines) is 1. The normalized spacial score (nSPS) is 17.5. The zero-order chi connectivity index (χ0) is 18.2. The van der Waals surface area contributed by atoms with Crippen molar-refractivity contribution < 1.29 is 4.42 Å². The predicted molar refractivity (Wildman–Crippen MR) is 109 cm³/mol. The maximum atomic E-state index is 5.93. The molecule has 5 rings (SSSR count). The molecular formula is C20H20N4OS2. The van der Waals surface area contributed by atoms with Crippen molar-refractivity contribution in [2.75, 3.05) is 13.1 Å². The average molecular weight is 397 g/mol. The van der Waals surface area contributed by atoms with Crippen LogP contribution in [0.15, 0.2) is 46.2 Å². The van der Waals surface area contributed by atoms with E-state index >= 15 is 0 Å². The number of piperidine rings is 1. The molecule has 1 saturated heterocycles. The van der Waals surface area contributed by atoms with Crippen molar-refractivity contribution >= 4 is 32.9 Å². The first-order chi connectivity index (χ1) is 13.3. The highest BCUT2D eigenvalue weighted by Gasteiger charge is 2.28.